The number of benzene rings is 1. The zero-order valence-electron chi connectivity index (χ0n) is 11.6. The zero-order valence-corrected chi connectivity index (χ0v) is 11.6. The van der Waals surface area contributed by atoms with Crippen molar-refractivity contribution in [3.63, 3.8) is 0 Å². The third-order valence-corrected chi connectivity index (χ3v) is 3.56. The summed E-state index contributed by atoms with van der Waals surface area (Å²) in [5.74, 6) is 0.537. The lowest BCUT2D eigenvalue weighted by atomic mass is 10.0. The third-order valence-electron chi connectivity index (χ3n) is 3.56. The average molecular weight is 245 g/mol. The van der Waals surface area contributed by atoms with Crippen molar-refractivity contribution >= 4 is 10.9 Å². The topological polar surface area (TPSA) is 25.2 Å². The van der Waals surface area contributed by atoms with Crippen LogP contribution in [0.4, 0.5) is 0 Å². The number of rotatable bonds is 5. The van der Waals surface area contributed by atoms with E-state index in [9.17, 15) is 0 Å². The van der Waals surface area contributed by atoms with Crippen molar-refractivity contribution in [1.29, 1.82) is 0 Å². The molecular formula is C16H23NO. The second-order valence-corrected chi connectivity index (χ2v) is 5.21. The highest BCUT2D eigenvalue weighted by Gasteiger charge is 2.11. The van der Waals surface area contributed by atoms with Crippen LogP contribution in [0.2, 0.25) is 0 Å². The molecule has 0 atom stereocenters. The number of hydrogen-bond donors (Lipinski definition) is 1. The highest BCUT2D eigenvalue weighted by atomic mass is 16.3. The Labute approximate surface area is 109 Å². The molecule has 0 aliphatic rings. The van der Waals surface area contributed by atoms with Crippen LogP contribution in [-0.4, -0.2) is 16.3 Å². The monoisotopic (exact) mass is 245 g/mol. The van der Waals surface area contributed by atoms with Crippen molar-refractivity contribution in [2.24, 2.45) is 0 Å². The maximum Gasteiger partial charge on any atom is 0.0483 e. The summed E-state index contributed by atoms with van der Waals surface area (Å²) in [6.45, 7) is 7.82. The van der Waals surface area contributed by atoms with Gasteiger partial charge in [0, 0.05) is 30.3 Å². The van der Waals surface area contributed by atoms with E-state index in [1.54, 1.807) is 0 Å². The molecule has 0 bridgehead atoms. The molecule has 0 unspecified atom stereocenters. The molecule has 0 amide bonds. The van der Waals surface area contributed by atoms with E-state index in [-0.39, 0.29) is 6.61 Å². The van der Waals surface area contributed by atoms with E-state index in [0.29, 0.717) is 5.92 Å². The van der Waals surface area contributed by atoms with E-state index in [1.165, 1.54) is 22.0 Å². The van der Waals surface area contributed by atoms with Crippen LogP contribution in [0.3, 0.4) is 0 Å². The minimum absolute atomic E-state index is 0.254. The molecule has 1 N–H and O–H groups in total. The first-order valence-corrected chi connectivity index (χ1v) is 6.90. The minimum atomic E-state index is 0.254. The number of aliphatic hydroxyl groups is 1. The Bertz CT molecular complexity index is 525. The van der Waals surface area contributed by atoms with Crippen LogP contribution in [0.1, 0.15) is 44.2 Å². The van der Waals surface area contributed by atoms with Gasteiger partial charge < -0.3 is 9.67 Å². The summed E-state index contributed by atoms with van der Waals surface area (Å²) in [5.41, 5.74) is 4.10. The SMILES string of the molecule is CCc1ccc2c(c1)c(C(C)C)cn2CCCO. The Morgan fingerprint density at radius 1 is 1.28 bits per heavy atom. The van der Waals surface area contributed by atoms with E-state index >= 15 is 0 Å². The lowest BCUT2D eigenvalue weighted by molar-refractivity contribution is 0.280. The lowest BCUT2D eigenvalue weighted by Gasteiger charge is -2.04. The van der Waals surface area contributed by atoms with Crippen LogP contribution in [-0.2, 0) is 13.0 Å². The van der Waals surface area contributed by atoms with Crippen molar-refractivity contribution in [1.82, 2.24) is 4.57 Å². The number of aromatic nitrogens is 1. The van der Waals surface area contributed by atoms with Gasteiger partial charge in [-0.15, -0.1) is 0 Å². The molecule has 0 spiro atoms. The van der Waals surface area contributed by atoms with Gasteiger partial charge in [0.05, 0.1) is 0 Å². The average Bonchev–Trinajstić information content (AvgIpc) is 2.74. The van der Waals surface area contributed by atoms with Crippen molar-refractivity contribution in [3.05, 3.63) is 35.5 Å². The first kappa shape index (κ1) is 13.2. The van der Waals surface area contributed by atoms with Crippen LogP contribution in [0.15, 0.2) is 24.4 Å². The van der Waals surface area contributed by atoms with E-state index < -0.39 is 0 Å². The van der Waals surface area contributed by atoms with Crippen molar-refractivity contribution in [2.45, 2.75) is 46.1 Å². The second-order valence-electron chi connectivity index (χ2n) is 5.21. The maximum atomic E-state index is 8.98. The molecule has 0 saturated heterocycles. The first-order chi connectivity index (χ1) is 8.67. The molecule has 0 fully saturated rings. The molecule has 2 nitrogen and oxygen atoms in total. The summed E-state index contributed by atoms with van der Waals surface area (Å²) in [6.07, 6.45) is 4.15. The standard InChI is InChI=1S/C16H23NO/c1-4-13-6-7-16-14(10-13)15(12(2)3)11-17(16)8-5-9-18/h6-7,10-12,18H,4-5,8-9H2,1-3H3. The van der Waals surface area contributed by atoms with E-state index in [0.717, 1.165) is 19.4 Å². The zero-order chi connectivity index (χ0) is 13.1. The molecule has 0 aliphatic carbocycles. The first-order valence-electron chi connectivity index (χ1n) is 6.90. The van der Waals surface area contributed by atoms with Gasteiger partial charge in [-0.05, 0) is 42.0 Å². The lowest BCUT2D eigenvalue weighted by Crippen LogP contribution is -1.98. The Kier molecular flexibility index (Phi) is 4.07. The largest absolute Gasteiger partial charge is 0.396 e. The molecule has 2 aromatic rings. The summed E-state index contributed by atoms with van der Waals surface area (Å²) >= 11 is 0. The molecule has 1 aromatic carbocycles. The number of fused-ring (bicyclic) bond motifs is 1. The predicted octanol–water partition coefficient (Wildman–Crippen LogP) is 3.71. The van der Waals surface area contributed by atoms with Crippen molar-refractivity contribution in [2.75, 3.05) is 6.61 Å². The fraction of sp³-hybridized carbons (Fsp3) is 0.500. The van der Waals surface area contributed by atoms with Gasteiger partial charge in [0.2, 0.25) is 0 Å². The molecule has 18 heavy (non-hydrogen) atoms. The summed E-state index contributed by atoms with van der Waals surface area (Å²) in [7, 11) is 0. The normalized spacial score (nSPS) is 11.6. The number of aryl methyl sites for hydroxylation is 2. The quantitative estimate of drug-likeness (QED) is 0.853. The summed E-state index contributed by atoms with van der Waals surface area (Å²) in [5, 5.41) is 10.4. The Hall–Kier alpha value is -1.28. The Morgan fingerprint density at radius 3 is 2.67 bits per heavy atom. The molecule has 2 heteroatoms. The summed E-state index contributed by atoms with van der Waals surface area (Å²) < 4.78 is 2.28. The van der Waals surface area contributed by atoms with Gasteiger partial charge in [-0.1, -0.05) is 26.8 Å². The molecule has 1 heterocycles. The van der Waals surface area contributed by atoms with Crippen LogP contribution in [0.25, 0.3) is 10.9 Å². The number of aliphatic hydroxyl groups excluding tert-OH is 1. The van der Waals surface area contributed by atoms with Crippen molar-refractivity contribution in [3.8, 4) is 0 Å². The number of nitrogens with zero attached hydrogens (tertiary/aromatic N) is 1. The van der Waals surface area contributed by atoms with Gasteiger partial charge in [-0.3, -0.25) is 0 Å². The van der Waals surface area contributed by atoms with Crippen LogP contribution in [0.5, 0.6) is 0 Å². The van der Waals surface area contributed by atoms with Gasteiger partial charge in [0.15, 0.2) is 0 Å². The van der Waals surface area contributed by atoms with Crippen LogP contribution in [0, 0.1) is 0 Å². The second kappa shape index (κ2) is 5.57. The molecule has 2 rings (SSSR count). The Morgan fingerprint density at radius 2 is 2.06 bits per heavy atom. The molecule has 0 saturated carbocycles. The van der Waals surface area contributed by atoms with E-state index in [4.69, 9.17) is 5.11 Å². The smallest absolute Gasteiger partial charge is 0.0483 e. The van der Waals surface area contributed by atoms with E-state index in [2.05, 4.69) is 49.7 Å². The number of hydrogen-bond acceptors (Lipinski definition) is 1. The fourth-order valence-electron chi connectivity index (χ4n) is 2.48. The van der Waals surface area contributed by atoms with Gasteiger partial charge >= 0.3 is 0 Å². The molecular weight excluding hydrogens is 222 g/mol. The Balaban J connectivity index is 2.53. The third kappa shape index (κ3) is 2.44. The summed E-state index contributed by atoms with van der Waals surface area (Å²) in [4.78, 5) is 0. The van der Waals surface area contributed by atoms with Crippen LogP contribution >= 0.6 is 0 Å². The maximum absolute atomic E-state index is 8.98. The molecule has 1 aromatic heterocycles. The molecule has 0 radical (unpaired) electrons. The highest BCUT2D eigenvalue weighted by molar-refractivity contribution is 5.85. The highest BCUT2D eigenvalue weighted by Crippen LogP contribution is 2.28. The minimum Gasteiger partial charge on any atom is -0.396 e. The van der Waals surface area contributed by atoms with Crippen molar-refractivity contribution < 1.29 is 5.11 Å². The molecule has 98 valence electrons. The molecule has 0 aliphatic heterocycles. The van der Waals surface area contributed by atoms with Gasteiger partial charge in [0.25, 0.3) is 0 Å². The van der Waals surface area contributed by atoms with E-state index in [1.807, 2.05) is 0 Å². The van der Waals surface area contributed by atoms with Gasteiger partial charge in [0.1, 0.15) is 0 Å². The summed E-state index contributed by atoms with van der Waals surface area (Å²) in [6, 6.07) is 6.75. The van der Waals surface area contributed by atoms with Gasteiger partial charge in [-0.25, -0.2) is 0 Å². The van der Waals surface area contributed by atoms with Crippen LogP contribution < -0.4 is 0 Å². The van der Waals surface area contributed by atoms with Gasteiger partial charge in [-0.2, -0.15) is 0 Å². The fourth-order valence-corrected chi connectivity index (χ4v) is 2.48. The predicted molar refractivity (Wildman–Crippen MR) is 77.1 cm³/mol.